The van der Waals surface area contributed by atoms with E-state index in [0.29, 0.717) is 15.6 Å². The third-order valence-corrected chi connectivity index (χ3v) is 8.51. The van der Waals surface area contributed by atoms with Crippen molar-refractivity contribution in [2.75, 3.05) is 6.54 Å². The Kier molecular flexibility index (Phi) is 6.65. The highest BCUT2D eigenvalue weighted by molar-refractivity contribution is 7.90. The molecule has 1 heterocycles. The summed E-state index contributed by atoms with van der Waals surface area (Å²) in [4.78, 5) is 12.5. The lowest BCUT2D eigenvalue weighted by atomic mass is 10.1. The van der Waals surface area contributed by atoms with Crippen LogP contribution in [-0.4, -0.2) is 27.8 Å². The van der Waals surface area contributed by atoms with Gasteiger partial charge >= 0.3 is 10.1 Å². The third kappa shape index (κ3) is 4.65. The van der Waals surface area contributed by atoms with Gasteiger partial charge in [0.05, 0.1) is 10.3 Å². The molecule has 1 aromatic heterocycles. The first-order valence-corrected chi connectivity index (χ1v) is 13.6. The number of benzene rings is 3. The highest BCUT2D eigenvalue weighted by Gasteiger charge is 2.33. The average molecular weight is 514 g/mol. The van der Waals surface area contributed by atoms with E-state index in [1.807, 2.05) is 0 Å². The van der Waals surface area contributed by atoms with Crippen molar-refractivity contribution < 1.29 is 25.5 Å². The van der Waals surface area contributed by atoms with Gasteiger partial charge in [0.25, 0.3) is 10.0 Å². The van der Waals surface area contributed by atoms with Gasteiger partial charge in [-0.3, -0.25) is 4.79 Å². The fourth-order valence-electron chi connectivity index (χ4n) is 3.58. The Morgan fingerprint density at radius 1 is 0.857 bits per heavy atom. The first-order chi connectivity index (χ1) is 16.6. The molecular formula is C25H23NO7S2. The number of hydroxylamine groups is 1. The Bertz CT molecular complexity index is 1660. The molecule has 0 unspecified atom stereocenters. The molecule has 0 saturated heterocycles. The van der Waals surface area contributed by atoms with Crippen molar-refractivity contribution in [1.29, 1.82) is 0 Å². The van der Waals surface area contributed by atoms with E-state index in [2.05, 4.69) is 0 Å². The smallest absolute Gasteiger partial charge is 0.314 e. The summed E-state index contributed by atoms with van der Waals surface area (Å²) >= 11 is 0. The van der Waals surface area contributed by atoms with E-state index in [4.69, 9.17) is 8.70 Å². The Hall–Kier alpha value is -3.31. The molecule has 4 aromatic rings. The summed E-state index contributed by atoms with van der Waals surface area (Å²) in [6.45, 7) is 4.51. The van der Waals surface area contributed by atoms with E-state index in [-0.39, 0.29) is 33.1 Å². The van der Waals surface area contributed by atoms with Crippen LogP contribution in [0, 0.1) is 13.8 Å². The van der Waals surface area contributed by atoms with E-state index in [9.17, 15) is 21.6 Å². The molecule has 0 aliphatic carbocycles. The van der Waals surface area contributed by atoms with E-state index >= 15 is 0 Å². The normalized spacial score (nSPS) is 12.3. The number of sulfonamides is 1. The van der Waals surface area contributed by atoms with Crippen molar-refractivity contribution in [2.45, 2.75) is 30.6 Å². The van der Waals surface area contributed by atoms with Crippen LogP contribution in [0.25, 0.3) is 22.3 Å². The Labute approximate surface area is 203 Å². The molecule has 0 spiro atoms. The SMILES string of the molecule is CCN(OS(=O)(=O)c1ccc(C)cc1)S(=O)(=O)c1cccc2c(=O)c(C)c(-c3ccccc3)oc12. The zero-order chi connectivity index (χ0) is 25.4. The maximum Gasteiger partial charge on any atom is 0.314 e. The number of para-hydroxylation sites is 1. The molecule has 8 nitrogen and oxygen atoms in total. The molecule has 182 valence electrons. The quantitative estimate of drug-likeness (QED) is 0.337. The minimum atomic E-state index is -4.56. The molecule has 0 bridgehead atoms. The van der Waals surface area contributed by atoms with Crippen molar-refractivity contribution in [2.24, 2.45) is 0 Å². The van der Waals surface area contributed by atoms with Crippen molar-refractivity contribution in [1.82, 2.24) is 4.47 Å². The molecule has 0 aliphatic heterocycles. The van der Waals surface area contributed by atoms with Gasteiger partial charge in [0.15, 0.2) is 11.0 Å². The molecule has 10 heteroatoms. The predicted molar refractivity (Wildman–Crippen MR) is 132 cm³/mol. The van der Waals surface area contributed by atoms with Gasteiger partial charge in [-0.05, 0) is 45.0 Å². The lowest BCUT2D eigenvalue weighted by molar-refractivity contribution is 0.0501. The molecule has 0 aliphatic rings. The highest BCUT2D eigenvalue weighted by atomic mass is 32.2. The number of hydrogen-bond donors (Lipinski definition) is 0. The van der Waals surface area contributed by atoms with E-state index < -0.39 is 25.6 Å². The molecular weight excluding hydrogens is 490 g/mol. The zero-order valence-electron chi connectivity index (χ0n) is 19.3. The number of hydrogen-bond acceptors (Lipinski definition) is 7. The van der Waals surface area contributed by atoms with E-state index in [0.717, 1.165) is 5.56 Å². The monoisotopic (exact) mass is 513 g/mol. The average Bonchev–Trinajstić information content (AvgIpc) is 2.85. The summed E-state index contributed by atoms with van der Waals surface area (Å²) in [5.74, 6) is 0.224. The van der Waals surface area contributed by atoms with Crippen LogP contribution >= 0.6 is 0 Å². The van der Waals surface area contributed by atoms with Gasteiger partial charge in [0.2, 0.25) is 0 Å². The lowest BCUT2D eigenvalue weighted by Gasteiger charge is -2.20. The van der Waals surface area contributed by atoms with Crippen molar-refractivity contribution in [3.8, 4) is 11.3 Å². The number of aryl methyl sites for hydroxylation is 1. The summed E-state index contributed by atoms with van der Waals surface area (Å²) in [7, 11) is -9.00. The number of fused-ring (bicyclic) bond motifs is 1. The van der Waals surface area contributed by atoms with E-state index in [1.165, 1.54) is 37.3 Å². The molecule has 4 rings (SSSR count). The van der Waals surface area contributed by atoms with Gasteiger partial charge in [0.1, 0.15) is 10.7 Å². The Balaban J connectivity index is 1.86. The maximum absolute atomic E-state index is 13.6. The third-order valence-electron chi connectivity index (χ3n) is 5.44. The lowest BCUT2D eigenvalue weighted by Crippen LogP contribution is -2.33. The fourth-order valence-corrected chi connectivity index (χ4v) is 6.22. The fraction of sp³-hybridized carbons (Fsp3) is 0.160. The molecule has 0 N–H and O–H groups in total. The summed E-state index contributed by atoms with van der Waals surface area (Å²) in [6, 6.07) is 18.7. The number of rotatable bonds is 7. The second-order valence-corrected chi connectivity index (χ2v) is 11.2. The molecule has 0 atom stereocenters. The minimum Gasteiger partial charge on any atom is -0.454 e. The second kappa shape index (κ2) is 9.38. The molecule has 0 amide bonds. The van der Waals surface area contributed by atoms with Crippen LogP contribution < -0.4 is 5.43 Å². The topological polar surface area (TPSA) is 111 Å². The molecule has 0 radical (unpaired) electrons. The van der Waals surface area contributed by atoms with Crippen LogP contribution in [0.5, 0.6) is 0 Å². The standard InChI is InChI=1S/C25H23NO7S2/c1-4-26(33-35(30,31)20-15-13-17(2)14-16-20)34(28,29)22-12-8-11-21-23(27)18(3)24(32-25(21)22)19-9-6-5-7-10-19/h5-16H,4H2,1-3H3. The first-order valence-electron chi connectivity index (χ1n) is 10.7. The van der Waals surface area contributed by atoms with Crippen LogP contribution in [0.2, 0.25) is 0 Å². The van der Waals surface area contributed by atoms with E-state index in [1.54, 1.807) is 56.3 Å². The minimum absolute atomic E-state index is 0.0562. The van der Waals surface area contributed by atoms with Crippen LogP contribution in [0.15, 0.2) is 91.8 Å². The summed E-state index contributed by atoms with van der Waals surface area (Å²) in [5.41, 5.74) is 1.18. The zero-order valence-corrected chi connectivity index (χ0v) is 20.9. The van der Waals surface area contributed by atoms with Crippen molar-refractivity contribution in [3.63, 3.8) is 0 Å². The summed E-state index contributed by atoms with van der Waals surface area (Å²) in [6.07, 6.45) is 0. The van der Waals surface area contributed by atoms with Gasteiger partial charge in [-0.15, -0.1) is 0 Å². The van der Waals surface area contributed by atoms with Gasteiger partial charge < -0.3 is 4.42 Å². The molecule has 3 aromatic carbocycles. The van der Waals surface area contributed by atoms with Gasteiger partial charge in [-0.2, -0.15) is 12.7 Å². The summed E-state index contributed by atoms with van der Waals surface area (Å²) < 4.78 is 64.1. The van der Waals surface area contributed by atoms with Gasteiger partial charge in [-0.1, -0.05) is 58.6 Å². The molecule has 0 fully saturated rings. The van der Waals surface area contributed by atoms with Crippen LogP contribution in [-0.2, 0) is 24.4 Å². The van der Waals surface area contributed by atoms with Crippen LogP contribution in [0.1, 0.15) is 18.1 Å². The Morgan fingerprint density at radius 2 is 1.51 bits per heavy atom. The molecule has 0 saturated carbocycles. The molecule has 35 heavy (non-hydrogen) atoms. The van der Waals surface area contributed by atoms with Crippen LogP contribution in [0.3, 0.4) is 0 Å². The van der Waals surface area contributed by atoms with Crippen LogP contribution in [0.4, 0.5) is 0 Å². The highest BCUT2D eigenvalue weighted by Crippen LogP contribution is 2.31. The number of nitrogens with zero attached hydrogens (tertiary/aromatic N) is 1. The predicted octanol–water partition coefficient (Wildman–Crippen LogP) is 4.41. The van der Waals surface area contributed by atoms with Crippen molar-refractivity contribution >= 4 is 31.1 Å². The van der Waals surface area contributed by atoms with Crippen molar-refractivity contribution in [3.05, 3.63) is 94.1 Å². The largest absolute Gasteiger partial charge is 0.454 e. The van der Waals surface area contributed by atoms with Gasteiger partial charge in [-0.25, -0.2) is 8.42 Å². The van der Waals surface area contributed by atoms with Gasteiger partial charge in [0, 0.05) is 17.7 Å². The summed E-state index contributed by atoms with van der Waals surface area (Å²) in [5, 5.41) is 0.0562. The first kappa shape index (κ1) is 24.8. The second-order valence-electron chi connectivity index (χ2n) is 7.85. The Morgan fingerprint density at radius 3 is 2.14 bits per heavy atom. The maximum atomic E-state index is 13.6.